The molecule has 0 saturated carbocycles. The summed E-state index contributed by atoms with van der Waals surface area (Å²) in [7, 11) is 0. The zero-order chi connectivity index (χ0) is 15.3. The highest BCUT2D eigenvalue weighted by molar-refractivity contribution is 5.77. The fourth-order valence-corrected chi connectivity index (χ4v) is 2.10. The molecule has 1 fully saturated rings. The van der Waals surface area contributed by atoms with Gasteiger partial charge in [0.15, 0.2) is 5.60 Å². The number of carbonyl (C=O) groups excluding carboxylic acids is 1. The Bertz CT molecular complexity index is 470. The third-order valence-corrected chi connectivity index (χ3v) is 3.36. The first-order chi connectivity index (χ1) is 9.93. The molecule has 1 atom stereocenters. The minimum Gasteiger partial charge on any atom is -0.355 e. The maximum atomic E-state index is 13.2. The van der Waals surface area contributed by atoms with E-state index in [2.05, 4.69) is 5.32 Å². The smallest absolute Gasteiger partial charge is 0.355 e. The third kappa shape index (κ3) is 3.95. The molecule has 1 aromatic carbocycles. The van der Waals surface area contributed by atoms with E-state index in [0.29, 0.717) is 0 Å². The normalized spacial score (nSPS) is 22.8. The molecule has 4 nitrogen and oxygen atoms in total. The van der Waals surface area contributed by atoms with Crippen molar-refractivity contribution in [3.05, 3.63) is 35.9 Å². The van der Waals surface area contributed by atoms with Crippen molar-refractivity contribution in [3.63, 3.8) is 0 Å². The number of ether oxygens (including phenoxy) is 2. The van der Waals surface area contributed by atoms with Crippen LogP contribution in [0.2, 0.25) is 0 Å². The fourth-order valence-electron chi connectivity index (χ4n) is 2.10. The molecule has 1 unspecified atom stereocenters. The summed E-state index contributed by atoms with van der Waals surface area (Å²) in [6.45, 7) is -0.346. The van der Waals surface area contributed by atoms with Gasteiger partial charge in [0.05, 0.1) is 13.0 Å². The summed E-state index contributed by atoms with van der Waals surface area (Å²) in [5.41, 5.74) is -1.63. The van der Waals surface area contributed by atoms with Gasteiger partial charge < -0.3 is 14.8 Å². The lowest BCUT2D eigenvalue weighted by Crippen LogP contribution is -2.53. The molecule has 21 heavy (non-hydrogen) atoms. The van der Waals surface area contributed by atoms with Gasteiger partial charge in [-0.15, -0.1) is 0 Å². The van der Waals surface area contributed by atoms with Crippen LogP contribution in [-0.2, 0) is 20.8 Å². The predicted octanol–water partition coefficient (Wildman–Crippen LogP) is 2.39. The van der Waals surface area contributed by atoms with Crippen molar-refractivity contribution >= 4 is 5.91 Å². The molecule has 0 aliphatic carbocycles. The third-order valence-electron chi connectivity index (χ3n) is 3.36. The molecule has 1 N–H and O–H groups in total. The van der Waals surface area contributed by atoms with Gasteiger partial charge >= 0.3 is 6.18 Å². The van der Waals surface area contributed by atoms with Gasteiger partial charge in [-0.05, 0) is 5.56 Å². The predicted molar refractivity (Wildman–Crippen MR) is 68.2 cm³/mol. The number of amides is 1. The van der Waals surface area contributed by atoms with Crippen molar-refractivity contribution in [2.75, 3.05) is 13.4 Å². The average molecular weight is 303 g/mol. The van der Waals surface area contributed by atoms with E-state index in [9.17, 15) is 18.0 Å². The van der Waals surface area contributed by atoms with Crippen LogP contribution in [0.3, 0.4) is 0 Å². The highest BCUT2D eigenvalue weighted by Crippen LogP contribution is 2.40. The van der Waals surface area contributed by atoms with Crippen molar-refractivity contribution in [1.29, 1.82) is 0 Å². The second-order valence-electron chi connectivity index (χ2n) is 4.85. The molecule has 2 rings (SSSR count). The van der Waals surface area contributed by atoms with Gasteiger partial charge in [0, 0.05) is 13.0 Å². The van der Waals surface area contributed by atoms with Gasteiger partial charge in [0.25, 0.3) is 0 Å². The van der Waals surface area contributed by atoms with Gasteiger partial charge in [-0.1, -0.05) is 30.3 Å². The zero-order valence-corrected chi connectivity index (χ0v) is 11.3. The standard InChI is InChI=1S/C14H16F3NO3/c15-14(16,17)13(6-7-20-10-21-13)8-12(19)18-9-11-4-2-1-3-5-11/h1-5H,6-10H2,(H,18,19). The van der Waals surface area contributed by atoms with E-state index in [0.717, 1.165) is 5.56 Å². The fraction of sp³-hybridized carbons (Fsp3) is 0.500. The molecule has 0 spiro atoms. The van der Waals surface area contributed by atoms with Crippen LogP contribution in [0.4, 0.5) is 13.2 Å². The number of rotatable bonds is 4. The number of halogens is 3. The minimum absolute atomic E-state index is 0.0779. The largest absolute Gasteiger partial charge is 0.418 e. The van der Waals surface area contributed by atoms with E-state index in [1.807, 2.05) is 6.07 Å². The van der Waals surface area contributed by atoms with Crippen LogP contribution in [0.1, 0.15) is 18.4 Å². The molecule has 0 radical (unpaired) electrons. The van der Waals surface area contributed by atoms with E-state index < -0.39 is 30.9 Å². The monoisotopic (exact) mass is 303 g/mol. The second kappa shape index (κ2) is 6.44. The Morgan fingerprint density at radius 2 is 2.00 bits per heavy atom. The van der Waals surface area contributed by atoms with Gasteiger partial charge in [0.2, 0.25) is 5.91 Å². The number of hydrogen-bond acceptors (Lipinski definition) is 3. The molecular weight excluding hydrogens is 287 g/mol. The first-order valence-corrected chi connectivity index (χ1v) is 6.52. The maximum Gasteiger partial charge on any atom is 0.418 e. The van der Waals surface area contributed by atoms with Crippen LogP contribution >= 0.6 is 0 Å². The summed E-state index contributed by atoms with van der Waals surface area (Å²) < 4.78 is 49.0. The van der Waals surface area contributed by atoms with Crippen molar-refractivity contribution in [1.82, 2.24) is 5.32 Å². The van der Waals surface area contributed by atoms with Crippen LogP contribution in [0.5, 0.6) is 0 Å². The number of carbonyl (C=O) groups is 1. The summed E-state index contributed by atoms with van der Waals surface area (Å²) in [6.07, 6.45) is -5.75. The number of nitrogens with one attached hydrogen (secondary N) is 1. The summed E-state index contributed by atoms with van der Waals surface area (Å²) >= 11 is 0. The minimum atomic E-state index is -4.61. The molecule has 1 aliphatic heterocycles. The summed E-state index contributed by atoms with van der Waals surface area (Å²) in [5.74, 6) is -0.696. The molecule has 0 bridgehead atoms. The zero-order valence-electron chi connectivity index (χ0n) is 11.3. The quantitative estimate of drug-likeness (QED) is 0.929. The molecule has 1 amide bonds. The van der Waals surface area contributed by atoms with E-state index in [-0.39, 0.29) is 19.6 Å². The summed E-state index contributed by atoms with van der Waals surface area (Å²) in [6, 6.07) is 8.97. The molecular formula is C14H16F3NO3. The van der Waals surface area contributed by atoms with Crippen LogP contribution in [-0.4, -0.2) is 31.1 Å². The summed E-state index contributed by atoms with van der Waals surface area (Å²) in [5, 5.41) is 2.48. The van der Waals surface area contributed by atoms with Crippen molar-refractivity contribution < 1.29 is 27.4 Å². The highest BCUT2D eigenvalue weighted by atomic mass is 19.4. The van der Waals surface area contributed by atoms with Gasteiger partial charge in [0.1, 0.15) is 6.79 Å². The molecule has 1 saturated heterocycles. The van der Waals surface area contributed by atoms with Crippen LogP contribution in [0, 0.1) is 0 Å². The lowest BCUT2D eigenvalue weighted by molar-refractivity contribution is -0.323. The molecule has 0 aromatic heterocycles. The van der Waals surface area contributed by atoms with E-state index >= 15 is 0 Å². The number of benzene rings is 1. The molecule has 1 heterocycles. The van der Waals surface area contributed by atoms with E-state index in [4.69, 9.17) is 9.47 Å². The molecule has 116 valence electrons. The van der Waals surface area contributed by atoms with Crippen LogP contribution in [0.15, 0.2) is 30.3 Å². The lowest BCUT2D eigenvalue weighted by atomic mass is 9.93. The average Bonchev–Trinajstić information content (AvgIpc) is 2.46. The summed E-state index contributed by atoms with van der Waals surface area (Å²) in [4.78, 5) is 11.8. The maximum absolute atomic E-state index is 13.2. The Morgan fingerprint density at radius 3 is 2.57 bits per heavy atom. The molecule has 7 heteroatoms. The van der Waals surface area contributed by atoms with Crippen molar-refractivity contribution in [2.24, 2.45) is 0 Å². The number of alkyl halides is 3. The van der Waals surface area contributed by atoms with Crippen LogP contribution in [0.25, 0.3) is 0 Å². The van der Waals surface area contributed by atoms with Crippen LogP contribution < -0.4 is 5.32 Å². The van der Waals surface area contributed by atoms with E-state index in [1.165, 1.54) is 0 Å². The van der Waals surface area contributed by atoms with Crippen molar-refractivity contribution in [3.8, 4) is 0 Å². The van der Waals surface area contributed by atoms with E-state index in [1.54, 1.807) is 24.3 Å². The van der Waals surface area contributed by atoms with Gasteiger partial charge in [-0.2, -0.15) is 13.2 Å². The SMILES string of the molecule is O=C(CC1(C(F)(F)F)CCOCO1)NCc1ccccc1. The topological polar surface area (TPSA) is 47.6 Å². The first kappa shape index (κ1) is 15.8. The Hall–Kier alpha value is -1.60. The van der Waals surface area contributed by atoms with Crippen molar-refractivity contribution in [2.45, 2.75) is 31.2 Å². The Labute approximate surface area is 120 Å². The lowest BCUT2D eigenvalue weighted by Gasteiger charge is -2.37. The molecule has 1 aliphatic rings. The molecule has 1 aromatic rings. The van der Waals surface area contributed by atoms with Gasteiger partial charge in [-0.3, -0.25) is 4.79 Å². The Morgan fingerprint density at radius 1 is 1.29 bits per heavy atom. The second-order valence-corrected chi connectivity index (χ2v) is 4.85. The highest BCUT2D eigenvalue weighted by Gasteiger charge is 2.58. The Kier molecular flexibility index (Phi) is 4.84. The Balaban J connectivity index is 1.95. The first-order valence-electron chi connectivity index (χ1n) is 6.52. The number of hydrogen-bond donors (Lipinski definition) is 1. The van der Waals surface area contributed by atoms with Gasteiger partial charge in [-0.25, -0.2) is 0 Å².